The third-order valence-corrected chi connectivity index (χ3v) is 13.1. The molecular weight excluding hydrogens is 703 g/mol. The van der Waals surface area contributed by atoms with Gasteiger partial charge in [0, 0.05) is 34.0 Å². The van der Waals surface area contributed by atoms with Gasteiger partial charge in [0.15, 0.2) is 0 Å². The van der Waals surface area contributed by atoms with Gasteiger partial charge >= 0.3 is 0 Å². The summed E-state index contributed by atoms with van der Waals surface area (Å²) in [6.45, 7) is 10.5. The van der Waals surface area contributed by atoms with Crippen LogP contribution in [-0.2, 0) is 5.41 Å². The van der Waals surface area contributed by atoms with Gasteiger partial charge in [-0.3, -0.25) is 0 Å². The molecule has 0 N–H and O–H groups in total. The Morgan fingerprint density at radius 1 is 0.707 bits per heavy atom. The molecule has 0 aromatic heterocycles. The van der Waals surface area contributed by atoms with E-state index in [1.165, 1.54) is 87.7 Å². The zero-order valence-corrected chi connectivity index (χ0v) is 34.1. The third-order valence-electron chi connectivity index (χ3n) is 13.1. The van der Waals surface area contributed by atoms with Crippen LogP contribution in [0.15, 0.2) is 176 Å². The molecule has 2 atom stereocenters. The Balaban J connectivity index is 1.10. The summed E-state index contributed by atoms with van der Waals surface area (Å²) < 4.78 is 6.11. The first-order valence-corrected chi connectivity index (χ1v) is 21.2. The van der Waals surface area contributed by atoms with Gasteiger partial charge in [-0.2, -0.15) is 0 Å². The first kappa shape index (κ1) is 37.5. The minimum Gasteiger partial charge on any atom is -0.489 e. The zero-order valence-electron chi connectivity index (χ0n) is 34.1. The van der Waals surface area contributed by atoms with Gasteiger partial charge in [0.25, 0.3) is 0 Å². The van der Waals surface area contributed by atoms with E-state index < -0.39 is 0 Å². The van der Waals surface area contributed by atoms with E-state index in [0.717, 1.165) is 22.8 Å². The summed E-state index contributed by atoms with van der Waals surface area (Å²) in [4.78, 5) is 2.43. The van der Waals surface area contributed by atoms with E-state index >= 15 is 0 Å². The molecule has 0 saturated heterocycles. The highest BCUT2D eigenvalue weighted by atomic mass is 16.5. The van der Waals surface area contributed by atoms with E-state index in [2.05, 4.69) is 190 Å². The Bertz CT molecular complexity index is 2480. The maximum Gasteiger partial charge on any atom is 0.123 e. The molecule has 288 valence electrons. The number of fused-ring (bicyclic) bond motifs is 4. The highest BCUT2D eigenvalue weighted by Gasteiger charge is 2.49. The van der Waals surface area contributed by atoms with Crippen LogP contribution in [0.2, 0.25) is 0 Å². The molecule has 6 aromatic carbocycles. The largest absolute Gasteiger partial charge is 0.489 e. The SMILES string of the molecule is C=C/C=C\c1cccc(N(c2ccc(/C(C)=C/C=C\C3c4ccccc4O[C@H]3C)cc2)c2ccc(C3(C4CCCCC4)c4ccccc4-c4ccccc43)cc2)c1C. The number of rotatable bonds is 10. The lowest BCUT2D eigenvalue weighted by Gasteiger charge is -2.42. The molecule has 9 rings (SSSR count). The molecule has 6 aromatic rings. The third kappa shape index (κ3) is 6.55. The maximum absolute atomic E-state index is 6.11. The second-order valence-corrected chi connectivity index (χ2v) is 16.4. The van der Waals surface area contributed by atoms with E-state index in [1.54, 1.807) is 0 Å². The standard InChI is InChI=1S/C56H53NO/c1-5-6-19-43-20-17-29-54(40(43)3)57(46-35-31-42(32-36-46)39(2)18-16-26-48-41(4)58-55-30-15-12-25-51(48)55)47-37-33-45(34-38-47)56(44-21-8-7-9-22-44)52-27-13-10-23-49(52)50-24-11-14-28-53(50)56/h5-6,10-20,23-38,41,44,48H,1,7-9,21-22H2,2-4H3/b19-6-,26-16-,39-18+/t41-,48?/m0/s1. The van der Waals surface area contributed by atoms with Crippen LogP contribution in [0.1, 0.15) is 90.8 Å². The van der Waals surface area contributed by atoms with Crippen LogP contribution < -0.4 is 9.64 Å². The normalized spacial score (nSPS) is 18.5. The number of anilines is 3. The molecule has 1 heterocycles. The molecule has 1 fully saturated rings. The first-order chi connectivity index (χ1) is 28.5. The number of nitrogens with zero attached hydrogens (tertiary/aromatic N) is 1. The van der Waals surface area contributed by atoms with Crippen molar-refractivity contribution in [3.63, 3.8) is 0 Å². The van der Waals surface area contributed by atoms with Crippen molar-refractivity contribution in [1.82, 2.24) is 0 Å². The van der Waals surface area contributed by atoms with Crippen LogP contribution in [0, 0.1) is 12.8 Å². The molecule has 1 unspecified atom stereocenters. The Morgan fingerprint density at radius 3 is 2.03 bits per heavy atom. The van der Waals surface area contributed by atoms with Gasteiger partial charge in [0.1, 0.15) is 11.9 Å². The fraction of sp³-hybridized carbons (Fsp3) is 0.214. The minimum atomic E-state index is -0.172. The van der Waals surface area contributed by atoms with Crippen molar-refractivity contribution in [2.45, 2.75) is 70.3 Å². The van der Waals surface area contributed by atoms with E-state index in [1.807, 2.05) is 18.2 Å². The molecular formula is C56H53NO. The fourth-order valence-electron chi connectivity index (χ4n) is 10.3. The van der Waals surface area contributed by atoms with E-state index in [9.17, 15) is 0 Å². The maximum atomic E-state index is 6.11. The Kier molecular flexibility index (Phi) is 10.3. The molecule has 0 spiro atoms. The molecule has 2 aliphatic carbocycles. The monoisotopic (exact) mass is 755 g/mol. The summed E-state index contributed by atoms with van der Waals surface area (Å²) >= 11 is 0. The molecule has 1 saturated carbocycles. The van der Waals surface area contributed by atoms with Gasteiger partial charge in [0.2, 0.25) is 0 Å². The van der Waals surface area contributed by atoms with Gasteiger partial charge in [-0.25, -0.2) is 0 Å². The van der Waals surface area contributed by atoms with Crippen molar-refractivity contribution < 1.29 is 4.74 Å². The van der Waals surface area contributed by atoms with Crippen molar-refractivity contribution in [1.29, 1.82) is 0 Å². The predicted octanol–water partition coefficient (Wildman–Crippen LogP) is 15.1. The average Bonchev–Trinajstić information content (AvgIpc) is 3.76. The van der Waals surface area contributed by atoms with Gasteiger partial charge in [-0.15, -0.1) is 0 Å². The summed E-state index contributed by atoms with van der Waals surface area (Å²) in [5, 5.41) is 0. The van der Waals surface area contributed by atoms with E-state index in [0.29, 0.717) is 5.92 Å². The molecule has 0 amide bonds. The van der Waals surface area contributed by atoms with E-state index in [-0.39, 0.29) is 17.4 Å². The summed E-state index contributed by atoms with van der Waals surface area (Å²) in [5.41, 5.74) is 16.5. The van der Waals surface area contributed by atoms with Crippen LogP contribution >= 0.6 is 0 Å². The van der Waals surface area contributed by atoms with Gasteiger partial charge < -0.3 is 9.64 Å². The molecule has 3 aliphatic rings. The van der Waals surface area contributed by atoms with Gasteiger partial charge in [-0.1, -0.05) is 165 Å². The lowest BCUT2D eigenvalue weighted by molar-refractivity contribution is 0.241. The van der Waals surface area contributed by atoms with E-state index in [4.69, 9.17) is 4.74 Å². The summed E-state index contributed by atoms with van der Waals surface area (Å²) in [6.07, 6.45) is 19.2. The van der Waals surface area contributed by atoms with Crippen LogP contribution in [0.3, 0.4) is 0 Å². The average molecular weight is 756 g/mol. The number of hydrogen-bond donors (Lipinski definition) is 0. The number of para-hydroxylation sites is 1. The zero-order chi connectivity index (χ0) is 39.6. The molecule has 2 heteroatoms. The molecule has 0 bridgehead atoms. The van der Waals surface area contributed by atoms with Gasteiger partial charge in [0.05, 0.1) is 0 Å². The lowest BCUT2D eigenvalue weighted by Crippen LogP contribution is -2.37. The van der Waals surface area contributed by atoms with Crippen LogP contribution in [0.25, 0.3) is 22.8 Å². The number of ether oxygens (including phenoxy) is 1. The number of hydrogen-bond acceptors (Lipinski definition) is 2. The quantitative estimate of drug-likeness (QED) is 0.129. The molecule has 0 radical (unpaired) electrons. The van der Waals surface area contributed by atoms with Crippen molar-refractivity contribution in [3.05, 3.63) is 215 Å². The van der Waals surface area contributed by atoms with Crippen molar-refractivity contribution in [3.8, 4) is 16.9 Å². The fourth-order valence-corrected chi connectivity index (χ4v) is 10.3. The highest BCUT2D eigenvalue weighted by Crippen LogP contribution is 2.59. The lowest BCUT2D eigenvalue weighted by atomic mass is 9.60. The second-order valence-electron chi connectivity index (χ2n) is 16.4. The Morgan fingerprint density at radius 2 is 1.34 bits per heavy atom. The minimum absolute atomic E-state index is 0.124. The van der Waals surface area contributed by atoms with Crippen molar-refractivity contribution >= 4 is 28.7 Å². The van der Waals surface area contributed by atoms with Crippen LogP contribution in [-0.4, -0.2) is 6.10 Å². The summed E-state index contributed by atoms with van der Waals surface area (Å²) in [7, 11) is 0. The smallest absolute Gasteiger partial charge is 0.123 e. The number of allylic oxidation sites excluding steroid dienone is 5. The predicted molar refractivity (Wildman–Crippen MR) is 245 cm³/mol. The number of benzene rings is 6. The molecule has 58 heavy (non-hydrogen) atoms. The van der Waals surface area contributed by atoms with Crippen LogP contribution in [0.4, 0.5) is 17.1 Å². The van der Waals surface area contributed by atoms with Gasteiger partial charge in [-0.05, 0) is 126 Å². The highest BCUT2D eigenvalue weighted by molar-refractivity contribution is 5.85. The van der Waals surface area contributed by atoms with Crippen LogP contribution in [0.5, 0.6) is 5.75 Å². The molecule has 1 aliphatic heterocycles. The topological polar surface area (TPSA) is 12.5 Å². The Labute approximate surface area is 345 Å². The Hall–Kier alpha value is -6.12. The second kappa shape index (κ2) is 16.0. The summed E-state index contributed by atoms with van der Waals surface area (Å²) in [6, 6.07) is 52.1. The van der Waals surface area contributed by atoms with Crippen molar-refractivity contribution in [2.75, 3.05) is 4.90 Å². The van der Waals surface area contributed by atoms with Crippen molar-refractivity contribution in [2.24, 2.45) is 5.92 Å². The molecule has 2 nitrogen and oxygen atoms in total. The summed E-state index contributed by atoms with van der Waals surface area (Å²) in [5.74, 6) is 1.79. The first-order valence-electron chi connectivity index (χ1n) is 21.2.